The number of ether oxygens (including phenoxy) is 1. The lowest BCUT2D eigenvalue weighted by atomic mass is 10.2. The molecular weight excluding hydrogens is 380 g/mol. The van der Waals surface area contributed by atoms with Gasteiger partial charge in [0.1, 0.15) is 5.69 Å². The van der Waals surface area contributed by atoms with E-state index in [1.165, 1.54) is 18.2 Å². The van der Waals surface area contributed by atoms with Crippen molar-refractivity contribution in [1.29, 1.82) is 0 Å². The van der Waals surface area contributed by atoms with Gasteiger partial charge in [-0.2, -0.15) is 5.10 Å². The average molecular weight is 400 g/mol. The van der Waals surface area contributed by atoms with Crippen molar-refractivity contribution in [2.75, 3.05) is 11.9 Å². The molecule has 0 unspecified atom stereocenters. The quantitative estimate of drug-likeness (QED) is 0.680. The van der Waals surface area contributed by atoms with Crippen molar-refractivity contribution in [3.8, 4) is 0 Å². The van der Waals surface area contributed by atoms with Crippen molar-refractivity contribution in [3.63, 3.8) is 0 Å². The molecule has 0 bridgehead atoms. The van der Waals surface area contributed by atoms with Crippen LogP contribution in [0.2, 0.25) is 0 Å². The standard InChI is InChI=1S/C19H20N4O4S/c20-28(25,26)15-7-3-5-13(11-15)21-19(24)18-16-8-1-2-9-17(16)22-23(18)12-14-6-4-10-27-14/h1-3,5,7-9,11,14H,4,6,10,12H2,(H,21,24)(H2,20,25,26)/t14-/m1/s1. The number of fused-ring (bicyclic) bond motifs is 1. The SMILES string of the molecule is NS(=O)(=O)c1cccc(NC(=O)c2c3ccccc3nn2C[C@H]2CCCO2)c1. The first kappa shape index (κ1) is 18.6. The van der Waals surface area contributed by atoms with Gasteiger partial charge < -0.3 is 10.1 Å². The second kappa shape index (κ2) is 7.34. The maximum absolute atomic E-state index is 13.1. The summed E-state index contributed by atoms with van der Waals surface area (Å²) in [6.45, 7) is 1.20. The number of rotatable bonds is 5. The molecule has 3 aromatic rings. The van der Waals surface area contributed by atoms with E-state index in [1.54, 1.807) is 10.7 Å². The number of benzene rings is 2. The summed E-state index contributed by atoms with van der Waals surface area (Å²) in [5.74, 6) is -0.377. The largest absolute Gasteiger partial charge is 0.376 e. The summed E-state index contributed by atoms with van der Waals surface area (Å²) in [5, 5.41) is 13.2. The van der Waals surface area contributed by atoms with Crippen molar-refractivity contribution in [1.82, 2.24) is 9.78 Å². The zero-order valence-electron chi connectivity index (χ0n) is 15.0. The fourth-order valence-corrected chi connectivity index (χ4v) is 3.93. The normalized spacial score (nSPS) is 17.1. The minimum Gasteiger partial charge on any atom is -0.376 e. The molecule has 9 heteroatoms. The van der Waals surface area contributed by atoms with E-state index in [0.717, 1.165) is 18.2 Å². The number of aromatic nitrogens is 2. The third-order valence-corrected chi connectivity index (χ3v) is 5.59. The van der Waals surface area contributed by atoms with Crippen LogP contribution < -0.4 is 10.5 Å². The monoisotopic (exact) mass is 400 g/mol. The summed E-state index contributed by atoms with van der Waals surface area (Å²) < 4.78 is 30.5. The molecule has 0 saturated carbocycles. The Morgan fingerprint density at radius 1 is 1.25 bits per heavy atom. The van der Waals surface area contributed by atoms with E-state index in [4.69, 9.17) is 9.88 Å². The molecule has 8 nitrogen and oxygen atoms in total. The molecule has 1 aliphatic heterocycles. The van der Waals surface area contributed by atoms with Gasteiger partial charge in [0.15, 0.2) is 0 Å². The molecule has 1 atom stereocenters. The highest BCUT2D eigenvalue weighted by Crippen LogP contribution is 2.23. The third kappa shape index (κ3) is 3.77. The van der Waals surface area contributed by atoms with Crippen molar-refractivity contribution in [3.05, 3.63) is 54.2 Å². The molecule has 3 N–H and O–H groups in total. The molecule has 0 aliphatic carbocycles. The van der Waals surface area contributed by atoms with E-state index in [1.807, 2.05) is 24.3 Å². The topological polar surface area (TPSA) is 116 Å². The first-order chi connectivity index (χ1) is 13.4. The zero-order valence-corrected chi connectivity index (χ0v) is 15.9. The predicted molar refractivity (Wildman–Crippen MR) is 104 cm³/mol. The molecule has 0 radical (unpaired) electrons. The first-order valence-corrected chi connectivity index (χ1v) is 10.5. The Labute approximate surface area is 162 Å². The molecule has 2 aromatic carbocycles. The lowest BCUT2D eigenvalue weighted by Crippen LogP contribution is -2.23. The third-order valence-electron chi connectivity index (χ3n) is 4.68. The predicted octanol–water partition coefficient (Wildman–Crippen LogP) is 2.12. The van der Waals surface area contributed by atoms with Crippen LogP contribution in [-0.4, -0.2) is 36.8 Å². The van der Waals surface area contributed by atoms with Crippen molar-refractivity contribution in [2.45, 2.75) is 30.4 Å². The van der Waals surface area contributed by atoms with Crippen LogP contribution in [0.5, 0.6) is 0 Å². The van der Waals surface area contributed by atoms with E-state index in [2.05, 4.69) is 10.4 Å². The fourth-order valence-electron chi connectivity index (χ4n) is 3.37. The number of amides is 1. The summed E-state index contributed by atoms with van der Waals surface area (Å²) in [7, 11) is -3.86. The van der Waals surface area contributed by atoms with Crippen LogP contribution in [0.4, 0.5) is 5.69 Å². The van der Waals surface area contributed by atoms with Gasteiger partial charge in [0, 0.05) is 17.7 Å². The molecular formula is C19H20N4O4S. The highest BCUT2D eigenvalue weighted by molar-refractivity contribution is 7.89. The Balaban J connectivity index is 1.68. The van der Waals surface area contributed by atoms with E-state index in [9.17, 15) is 13.2 Å². The highest BCUT2D eigenvalue weighted by atomic mass is 32.2. The smallest absolute Gasteiger partial charge is 0.274 e. The Kier molecular flexibility index (Phi) is 4.88. The van der Waals surface area contributed by atoms with Gasteiger partial charge in [0.2, 0.25) is 10.0 Å². The Hall–Kier alpha value is -2.75. The summed E-state index contributed by atoms with van der Waals surface area (Å²) in [5.41, 5.74) is 1.46. The van der Waals surface area contributed by atoms with Crippen LogP contribution in [-0.2, 0) is 21.3 Å². The second-order valence-electron chi connectivity index (χ2n) is 6.71. The summed E-state index contributed by atoms with van der Waals surface area (Å²) in [6.07, 6.45) is 1.94. The molecule has 1 fully saturated rings. The summed E-state index contributed by atoms with van der Waals surface area (Å²) in [4.78, 5) is 13.0. The minimum absolute atomic E-state index is 0.0200. The van der Waals surface area contributed by atoms with Crippen molar-refractivity contribution < 1.29 is 17.9 Å². The van der Waals surface area contributed by atoms with Crippen molar-refractivity contribution >= 4 is 32.5 Å². The number of hydrogen-bond donors (Lipinski definition) is 2. The number of nitrogens with one attached hydrogen (secondary N) is 1. The number of hydrogen-bond acceptors (Lipinski definition) is 5. The Morgan fingerprint density at radius 3 is 2.82 bits per heavy atom. The van der Waals surface area contributed by atoms with Gasteiger partial charge in [-0.15, -0.1) is 0 Å². The summed E-state index contributed by atoms with van der Waals surface area (Å²) in [6, 6.07) is 13.2. The van der Waals surface area contributed by atoms with E-state index in [-0.39, 0.29) is 16.9 Å². The second-order valence-corrected chi connectivity index (χ2v) is 8.27. The molecule has 146 valence electrons. The molecule has 1 aromatic heterocycles. The van der Waals surface area contributed by atoms with Crippen LogP contribution in [0.1, 0.15) is 23.3 Å². The first-order valence-electron chi connectivity index (χ1n) is 8.93. The van der Waals surface area contributed by atoms with Crippen molar-refractivity contribution in [2.24, 2.45) is 5.14 Å². The average Bonchev–Trinajstić information content (AvgIpc) is 3.28. The number of sulfonamides is 1. The van der Waals surface area contributed by atoms with Gasteiger partial charge in [-0.3, -0.25) is 9.48 Å². The lowest BCUT2D eigenvalue weighted by Gasteiger charge is -2.13. The van der Waals surface area contributed by atoms with E-state index >= 15 is 0 Å². The molecule has 28 heavy (non-hydrogen) atoms. The highest BCUT2D eigenvalue weighted by Gasteiger charge is 2.23. The van der Waals surface area contributed by atoms with Gasteiger partial charge >= 0.3 is 0 Å². The lowest BCUT2D eigenvalue weighted by molar-refractivity contribution is 0.0905. The molecule has 1 amide bonds. The molecule has 1 aliphatic rings. The van der Waals surface area contributed by atoms with Crippen LogP contribution in [0.25, 0.3) is 10.9 Å². The number of nitrogens with two attached hydrogens (primary N) is 1. The minimum atomic E-state index is -3.86. The van der Waals surface area contributed by atoms with Crippen LogP contribution in [0.15, 0.2) is 53.4 Å². The van der Waals surface area contributed by atoms with Crippen LogP contribution in [0, 0.1) is 0 Å². The molecule has 1 saturated heterocycles. The number of carbonyl (C=O) groups is 1. The summed E-state index contributed by atoms with van der Waals surface area (Å²) >= 11 is 0. The fraction of sp³-hybridized carbons (Fsp3) is 0.263. The maximum Gasteiger partial charge on any atom is 0.274 e. The number of nitrogens with zero attached hydrogens (tertiary/aromatic N) is 2. The number of carbonyl (C=O) groups excluding carboxylic acids is 1. The van der Waals surface area contributed by atoms with E-state index in [0.29, 0.717) is 30.0 Å². The Bertz CT molecular complexity index is 1130. The molecule has 4 rings (SSSR count). The van der Waals surface area contributed by atoms with Gasteiger partial charge in [-0.1, -0.05) is 24.3 Å². The van der Waals surface area contributed by atoms with Crippen LogP contribution in [0.3, 0.4) is 0 Å². The molecule has 0 spiro atoms. The van der Waals surface area contributed by atoms with Gasteiger partial charge in [-0.05, 0) is 37.1 Å². The molecule has 2 heterocycles. The van der Waals surface area contributed by atoms with Crippen LogP contribution >= 0.6 is 0 Å². The van der Waals surface area contributed by atoms with Gasteiger partial charge in [-0.25, -0.2) is 13.6 Å². The van der Waals surface area contributed by atoms with E-state index < -0.39 is 10.0 Å². The Morgan fingerprint density at radius 2 is 2.07 bits per heavy atom. The number of anilines is 1. The maximum atomic E-state index is 13.1. The van der Waals surface area contributed by atoms with Gasteiger partial charge in [0.25, 0.3) is 5.91 Å². The van der Waals surface area contributed by atoms with Gasteiger partial charge in [0.05, 0.1) is 23.1 Å². The zero-order chi connectivity index (χ0) is 19.7. The number of primary sulfonamides is 1.